The molecule has 0 amide bonds. The number of aromatic hydroxyl groups is 1. The van der Waals surface area contributed by atoms with Crippen LogP contribution in [0.4, 0.5) is 5.69 Å². The fourth-order valence-electron chi connectivity index (χ4n) is 1.71. The number of rotatable bonds is 1. The van der Waals surface area contributed by atoms with Crippen LogP contribution in [0.15, 0.2) is 18.2 Å². The summed E-state index contributed by atoms with van der Waals surface area (Å²) in [4.78, 5) is 4.49. The number of phenolic OH excluding ortho intramolecular Hbond substituents is 1. The molecule has 1 fully saturated rings. The second-order valence-corrected chi connectivity index (χ2v) is 3.71. The molecule has 2 rings (SSSR count). The Morgan fingerprint density at radius 3 is 2.64 bits per heavy atom. The number of hydrogen-bond donors (Lipinski definition) is 1. The van der Waals surface area contributed by atoms with E-state index >= 15 is 0 Å². The van der Waals surface area contributed by atoms with Crippen molar-refractivity contribution in [1.82, 2.24) is 4.90 Å². The number of piperazine rings is 1. The molecule has 0 saturated carbocycles. The highest BCUT2D eigenvalue weighted by Gasteiger charge is 2.15. The van der Waals surface area contributed by atoms with Gasteiger partial charge < -0.3 is 14.9 Å². The van der Waals surface area contributed by atoms with Crippen LogP contribution in [0.5, 0.6) is 5.75 Å². The molecule has 1 N–H and O–H groups in total. The minimum atomic E-state index is 0.355. The van der Waals surface area contributed by atoms with E-state index in [2.05, 4.69) is 22.9 Å². The van der Waals surface area contributed by atoms with Crippen molar-refractivity contribution in [3.05, 3.63) is 24.3 Å². The fraction of sp³-hybridized carbons (Fsp3) is 0.455. The van der Waals surface area contributed by atoms with Crippen molar-refractivity contribution < 1.29 is 5.11 Å². The Morgan fingerprint density at radius 2 is 2.00 bits per heavy atom. The van der Waals surface area contributed by atoms with Crippen LogP contribution in [0.25, 0.3) is 0 Å². The first kappa shape index (κ1) is 9.34. The van der Waals surface area contributed by atoms with Gasteiger partial charge in [-0.25, -0.2) is 0 Å². The second-order valence-electron chi connectivity index (χ2n) is 3.71. The average Bonchev–Trinajstić information content (AvgIpc) is 2.20. The fourth-order valence-corrected chi connectivity index (χ4v) is 1.71. The molecule has 75 valence electrons. The molecule has 1 aliphatic rings. The summed E-state index contributed by atoms with van der Waals surface area (Å²) in [7, 11) is 2.12. The normalized spacial score (nSPS) is 18.5. The Kier molecular flexibility index (Phi) is 2.59. The smallest absolute Gasteiger partial charge is 0.138 e. The molecule has 3 nitrogen and oxygen atoms in total. The largest absolute Gasteiger partial charge is 0.506 e. The lowest BCUT2D eigenvalue weighted by Gasteiger charge is -2.34. The minimum absolute atomic E-state index is 0.355. The zero-order valence-electron chi connectivity index (χ0n) is 8.40. The molecule has 1 radical (unpaired) electrons. The standard InChI is InChI=1S/C11H15N2O/c1-12-6-8-13(9-7-12)10-4-2-3-5-11(10)14/h3-5,14H,6-9H2,1H3. The van der Waals surface area contributed by atoms with Crippen LogP contribution < -0.4 is 4.90 Å². The maximum absolute atomic E-state index is 9.65. The molecule has 0 aromatic heterocycles. The van der Waals surface area contributed by atoms with Crippen LogP contribution in [-0.4, -0.2) is 43.2 Å². The first-order valence-electron chi connectivity index (χ1n) is 4.90. The SMILES string of the molecule is CN1CCN(c2c[c]ccc2O)CC1. The van der Waals surface area contributed by atoms with Gasteiger partial charge in [0.15, 0.2) is 0 Å². The van der Waals surface area contributed by atoms with Crippen LogP contribution in [0.3, 0.4) is 0 Å². The third-order valence-electron chi connectivity index (χ3n) is 2.66. The van der Waals surface area contributed by atoms with Crippen molar-refractivity contribution in [3.8, 4) is 5.75 Å². The number of likely N-dealkylation sites (N-methyl/N-ethyl adjacent to an activating group) is 1. The van der Waals surface area contributed by atoms with Gasteiger partial charge in [-0.1, -0.05) is 6.07 Å². The van der Waals surface area contributed by atoms with E-state index in [1.807, 2.05) is 6.07 Å². The van der Waals surface area contributed by atoms with Crippen LogP contribution in [-0.2, 0) is 0 Å². The average molecular weight is 191 g/mol. The highest BCUT2D eigenvalue weighted by atomic mass is 16.3. The van der Waals surface area contributed by atoms with E-state index in [4.69, 9.17) is 0 Å². The Labute approximate surface area is 84.6 Å². The number of benzene rings is 1. The molecule has 1 heterocycles. The highest BCUT2D eigenvalue weighted by Crippen LogP contribution is 2.26. The predicted molar refractivity (Wildman–Crippen MR) is 56.7 cm³/mol. The zero-order chi connectivity index (χ0) is 9.97. The number of anilines is 1. The van der Waals surface area contributed by atoms with Gasteiger partial charge in [0.25, 0.3) is 0 Å². The molecule has 1 aromatic carbocycles. The van der Waals surface area contributed by atoms with Crippen LogP contribution in [0.1, 0.15) is 0 Å². The lowest BCUT2D eigenvalue weighted by atomic mass is 10.2. The molecule has 14 heavy (non-hydrogen) atoms. The summed E-state index contributed by atoms with van der Waals surface area (Å²) in [6.07, 6.45) is 0. The topological polar surface area (TPSA) is 26.7 Å². The molecule has 1 aliphatic heterocycles. The van der Waals surface area contributed by atoms with E-state index in [1.54, 1.807) is 12.1 Å². The number of phenols is 1. The van der Waals surface area contributed by atoms with Crippen molar-refractivity contribution in [2.24, 2.45) is 0 Å². The molecule has 0 spiro atoms. The van der Waals surface area contributed by atoms with Gasteiger partial charge >= 0.3 is 0 Å². The van der Waals surface area contributed by atoms with E-state index in [0.717, 1.165) is 31.9 Å². The molecule has 0 unspecified atom stereocenters. The molecule has 3 heteroatoms. The van der Waals surface area contributed by atoms with Gasteiger partial charge in [-0.2, -0.15) is 0 Å². The number of hydrogen-bond acceptors (Lipinski definition) is 3. The molecular weight excluding hydrogens is 176 g/mol. The lowest BCUT2D eigenvalue weighted by Crippen LogP contribution is -2.44. The lowest BCUT2D eigenvalue weighted by molar-refractivity contribution is 0.311. The van der Waals surface area contributed by atoms with Gasteiger partial charge in [-0.05, 0) is 25.2 Å². The van der Waals surface area contributed by atoms with Gasteiger partial charge in [0.1, 0.15) is 5.75 Å². The first-order valence-corrected chi connectivity index (χ1v) is 4.90. The summed E-state index contributed by atoms with van der Waals surface area (Å²) in [6, 6.07) is 8.26. The Hall–Kier alpha value is -1.22. The minimum Gasteiger partial charge on any atom is -0.506 e. The Balaban J connectivity index is 2.12. The van der Waals surface area contributed by atoms with Crippen molar-refractivity contribution in [2.45, 2.75) is 0 Å². The second kappa shape index (κ2) is 3.88. The van der Waals surface area contributed by atoms with E-state index < -0.39 is 0 Å². The molecule has 0 atom stereocenters. The maximum Gasteiger partial charge on any atom is 0.138 e. The quantitative estimate of drug-likeness (QED) is 0.715. The van der Waals surface area contributed by atoms with Gasteiger partial charge in [-0.3, -0.25) is 0 Å². The van der Waals surface area contributed by atoms with Gasteiger partial charge in [0.05, 0.1) is 5.69 Å². The molecule has 1 aromatic rings. The summed E-state index contributed by atoms with van der Waals surface area (Å²) in [6.45, 7) is 4.05. The molecule has 1 saturated heterocycles. The monoisotopic (exact) mass is 191 g/mol. The van der Waals surface area contributed by atoms with Crippen molar-refractivity contribution in [2.75, 3.05) is 38.1 Å². The van der Waals surface area contributed by atoms with Gasteiger partial charge in [0, 0.05) is 26.2 Å². The summed E-state index contributed by atoms with van der Waals surface area (Å²) in [5.41, 5.74) is 0.903. The Bertz CT molecular complexity index is 306. The van der Waals surface area contributed by atoms with Crippen LogP contribution in [0, 0.1) is 6.07 Å². The van der Waals surface area contributed by atoms with E-state index in [-0.39, 0.29) is 0 Å². The first-order chi connectivity index (χ1) is 6.77. The number of nitrogens with zero attached hydrogens (tertiary/aromatic N) is 2. The molecular formula is C11H15N2O. The third kappa shape index (κ3) is 1.82. The van der Waals surface area contributed by atoms with Gasteiger partial charge in [-0.15, -0.1) is 0 Å². The highest BCUT2D eigenvalue weighted by molar-refractivity contribution is 5.57. The van der Waals surface area contributed by atoms with Crippen molar-refractivity contribution >= 4 is 5.69 Å². The Morgan fingerprint density at radius 1 is 1.29 bits per heavy atom. The predicted octanol–water partition coefficient (Wildman–Crippen LogP) is 0.944. The molecule has 0 aliphatic carbocycles. The zero-order valence-corrected chi connectivity index (χ0v) is 8.40. The summed E-state index contributed by atoms with van der Waals surface area (Å²) in [5.74, 6) is 0.355. The summed E-state index contributed by atoms with van der Waals surface area (Å²) < 4.78 is 0. The maximum atomic E-state index is 9.65. The third-order valence-corrected chi connectivity index (χ3v) is 2.66. The summed E-state index contributed by atoms with van der Waals surface area (Å²) >= 11 is 0. The summed E-state index contributed by atoms with van der Waals surface area (Å²) in [5, 5.41) is 9.65. The van der Waals surface area contributed by atoms with Crippen molar-refractivity contribution in [1.29, 1.82) is 0 Å². The van der Waals surface area contributed by atoms with Crippen LogP contribution >= 0.6 is 0 Å². The molecule has 0 bridgehead atoms. The van der Waals surface area contributed by atoms with Crippen molar-refractivity contribution in [3.63, 3.8) is 0 Å². The van der Waals surface area contributed by atoms with E-state index in [0.29, 0.717) is 5.75 Å². The van der Waals surface area contributed by atoms with E-state index in [9.17, 15) is 5.11 Å². The van der Waals surface area contributed by atoms with Crippen LogP contribution in [0.2, 0.25) is 0 Å². The van der Waals surface area contributed by atoms with Gasteiger partial charge in [0.2, 0.25) is 0 Å². The van der Waals surface area contributed by atoms with E-state index in [1.165, 1.54) is 0 Å².